The lowest BCUT2D eigenvalue weighted by atomic mass is 9.84. The lowest BCUT2D eigenvalue weighted by Gasteiger charge is -2.25. The Morgan fingerprint density at radius 3 is 2.60 bits per heavy atom. The van der Waals surface area contributed by atoms with Gasteiger partial charge < -0.3 is 4.74 Å². The van der Waals surface area contributed by atoms with Crippen molar-refractivity contribution in [2.75, 3.05) is 7.11 Å². The van der Waals surface area contributed by atoms with E-state index in [1.807, 2.05) is 10.6 Å². The maximum atomic E-state index is 14.3. The van der Waals surface area contributed by atoms with E-state index in [0.717, 1.165) is 43.0 Å². The van der Waals surface area contributed by atoms with Gasteiger partial charge in [-0.1, -0.05) is 41.6 Å². The molecule has 1 aliphatic rings. The Hall–Kier alpha value is -3.26. The van der Waals surface area contributed by atoms with Crippen molar-refractivity contribution in [1.29, 1.82) is 0 Å². The molecule has 0 aliphatic heterocycles. The van der Waals surface area contributed by atoms with E-state index in [-0.39, 0.29) is 23.0 Å². The highest BCUT2D eigenvalue weighted by atomic mass is 32.2. The highest BCUT2D eigenvalue weighted by Crippen LogP contribution is 2.42. The number of halogens is 3. The number of thioether (sulfide) groups is 1. The minimum atomic E-state index is -0.693. The molecule has 0 bridgehead atoms. The van der Waals surface area contributed by atoms with Gasteiger partial charge >= 0.3 is 0 Å². The van der Waals surface area contributed by atoms with E-state index in [1.54, 1.807) is 12.1 Å². The molecule has 0 saturated carbocycles. The van der Waals surface area contributed by atoms with Crippen LogP contribution in [0.4, 0.5) is 13.2 Å². The third-order valence-electron chi connectivity index (χ3n) is 6.33. The second-order valence-corrected chi connectivity index (χ2v) is 9.55. The second kappa shape index (κ2) is 9.77. The number of aryl methyl sites for hydroxylation is 2. The van der Waals surface area contributed by atoms with E-state index in [1.165, 1.54) is 36.1 Å². The van der Waals surface area contributed by atoms with Crippen LogP contribution >= 0.6 is 11.8 Å². The van der Waals surface area contributed by atoms with Crippen LogP contribution in [0.25, 0.3) is 5.69 Å². The van der Waals surface area contributed by atoms with Crippen LogP contribution < -0.4 is 4.74 Å². The van der Waals surface area contributed by atoms with E-state index in [0.29, 0.717) is 10.8 Å². The number of rotatable bonds is 6. The molecule has 1 atom stereocenters. The summed E-state index contributed by atoms with van der Waals surface area (Å²) in [5.41, 5.74) is 4.96. The number of benzene rings is 2. The molecule has 0 N–H and O–H groups in total. The minimum absolute atomic E-state index is 0.0452. The van der Waals surface area contributed by atoms with Gasteiger partial charge in [-0.25, -0.2) is 18.2 Å². The molecule has 0 radical (unpaired) electrons. The van der Waals surface area contributed by atoms with Crippen molar-refractivity contribution in [2.24, 2.45) is 0 Å². The van der Waals surface area contributed by atoms with Gasteiger partial charge in [0.05, 0.1) is 36.6 Å². The van der Waals surface area contributed by atoms with E-state index < -0.39 is 17.5 Å². The molecule has 180 valence electrons. The van der Waals surface area contributed by atoms with Crippen molar-refractivity contribution < 1.29 is 17.9 Å². The maximum absolute atomic E-state index is 14.3. The van der Waals surface area contributed by atoms with Gasteiger partial charge in [0.25, 0.3) is 0 Å². The molecule has 0 spiro atoms. The number of methoxy groups -OCH3 is 1. The summed E-state index contributed by atoms with van der Waals surface area (Å²) >= 11 is 1.24. The number of hydrogen-bond donors (Lipinski definition) is 0. The second-order valence-electron chi connectivity index (χ2n) is 8.61. The first-order chi connectivity index (χ1) is 17.0. The number of pyridine rings is 1. The Labute approximate surface area is 206 Å². The summed E-state index contributed by atoms with van der Waals surface area (Å²) in [7, 11) is 1.42. The predicted molar refractivity (Wildman–Crippen MR) is 130 cm³/mol. The van der Waals surface area contributed by atoms with Crippen LogP contribution in [0.3, 0.4) is 0 Å². The van der Waals surface area contributed by atoms with Crippen molar-refractivity contribution in [1.82, 2.24) is 14.5 Å². The van der Waals surface area contributed by atoms with Crippen LogP contribution in [0, 0.1) is 24.4 Å². The average Bonchev–Trinajstić information content (AvgIpc) is 3.22. The number of ether oxygens (including phenoxy) is 1. The zero-order valence-electron chi connectivity index (χ0n) is 19.4. The number of imidazole rings is 1. The summed E-state index contributed by atoms with van der Waals surface area (Å²) < 4.78 is 50.0. The smallest absolute Gasteiger partial charge is 0.173 e. The largest absolute Gasteiger partial charge is 0.494 e. The SMILES string of the molecule is COc1cc(-n2c(SCc3c(F)cncc3F)nc3c2C(c2cccc(C)c2)CCC3)ccc1F. The molecule has 2 aromatic carbocycles. The molecular weight excluding hydrogens is 471 g/mol. The summed E-state index contributed by atoms with van der Waals surface area (Å²) in [4.78, 5) is 8.47. The summed E-state index contributed by atoms with van der Waals surface area (Å²) in [6.45, 7) is 2.06. The van der Waals surface area contributed by atoms with Gasteiger partial charge in [0.1, 0.15) is 11.6 Å². The molecule has 2 heterocycles. The lowest BCUT2D eigenvalue weighted by Crippen LogP contribution is -2.15. The molecule has 0 amide bonds. The summed E-state index contributed by atoms with van der Waals surface area (Å²) in [5, 5.41) is 0.596. The number of aromatic nitrogens is 3. The molecular formula is C27H24F3N3OS. The van der Waals surface area contributed by atoms with E-state index in [2.05, 4.69) is 30.1 Å². The first-order valence-corrected chi connectivity index (χ1v) is 12.4. The quantitative estimate of drug-likeness (QED) is 0.277. The molecule has 35 heavy (non-hydrogen) atoms. The summed E-state index contributed by atoms with van der Waals surface area (Å²) in [6, 6.07) is 13.1. The summed E-state index contributed by atoms with van der Waals surface area (Å²) in [6.07, 6.45) is 4.74. The van der Waals surface area contributed by atoms with Crippen LogP contribution in [-0.2, 0) is 12.2 Å². The molecule has 1 aliphatic carbocycles. The van der Waals surface area contributed by atoms with Crippen LogP contribution in [0.2, 0.25) is 0 Å². The molecule has 5 rings (SSSR count). The van der Waals surface area contributed by atoms with E-state index in [9.17, 15) is 13.2 Å². The van der Waals surface area contributed by atoms with Crippen molar-refractivity contribution in [3.05, 3.63) is 100 Å². The van der Waals surface area contributed by atoms with E-state index >= 15 is 0 Å². The highest BCUT2D eigenvalue weighted by Gasteiger charge is 2.30. The van der Waals surface area contributed by atoms with Gasteiger partial charge in [0.15, 0.2) is 16.7 Å². The Kier molecular flexibility index (Phi) is 6.56. The van der Waals surface area contributed by atoms with Crippen LogP contribution in [0.5, 0.6) is 5.75 Å². The fourth-order valence-electron chi connectivity index (χ4n) is 4.66. The van der Waals surface area contributed by atoms with Gasteiger partial charge in [0.2, 0.25) is 0 Å². The topological polar surface area (TPSA) is 39.9 Å². The fourth-order valence-corrected chi connectivity index (χ4v) is 5.72. The van der Waals surface area contributed by atoms with Gasteiger partial charge in [-0.15, -0.1) is 0 Å². The van der Waals surface area contributed by atoms with Crippen molar-refractivity contribution in [2.45, 2.75) is 43.0 Å². The monoisotopic (exact) mass is 495 g/mol. The fraction of sp³-hybridized carbons (Fsp3) is 0.259. The van der Waals surface area contributed by atoms with Gasteiger partial charge in [-0.05, 0) is 43.9 Å². The zero-order valence-corrected chi connectivity index (χ0v) is 20.2. The molecule has 0 fully saturated rings. The molecule has 2 aromatic heterocycles. The standard InChI is InChI=1S/C27H24F3N3OS/c1-16-5-3-6-17(11-16)19-7-4-8-24-26(19)33(18-9-10-21(28)25(12-18)34-2)27(32-24)35-15-20-22(29)13-31-14-23(20)30/h3,5-6,9-14,19H,4,7-8,15H2,1-2H3. The Morgan fingerprint density at radius 2 is 1.86 bits per heavy atom. The van der Waals surface area contributed by atoms with Gasteiger partial charge in [-0.3, -0.25) is 9.55 Å². The number of nitrogens with zero attached hydrogens (tertiary/aromatic N) is 3. The first kappa shape index (κ1) is 23.5. The number of fused-ring (bicyclic) bond motifs is 1. The van der Waals surface area contributed by atoms with Crippen molar-refractivity contribution in [3.63, 3.8) is 0 Å². The van der Waals surface area contributed by atoms with Crippen LogP contribution in [0.1, 0.15) is 46.8 Å². The molecule has 4 aromatic rings. The normalized spacial score (nSPS) is 15.2. The number of hydrogen-bond acceptors (Lipinski definition) is 4. The van der Waals surface area contributed by atoms with Crippen LogP contribution in [0.15, 0.2) is 60.0 Å². The summed E-state index contributed by atoms with van der Waals surface area (Å²) in [5.74, 6) is -1.59. The average molecular weight is 496 g/mol. The third-order valence-corrected chi connectivity index (χ3v) is 7.30. The lowest BCUT2D eigenvalue weighted by molar-refractivity contribution is 0.386. The predicted octanol–water partition coefficient (Wildman–Crippen LogP) is 6.76. The third kappa shape index (κ3) is 4.55. The molecule has 0 saturated heterocycles. The van der Waals surface area contributed by atoms with Gasteiger partial charge in [-0.2, -0.15) is 0 Å². The maximum Gasteiger partial charge on any atom is 0.173 e. The Morgan fingerprint density at radius 1 is 1.06 bits per heavy atom. The first-order valence-electron chi connectivity index (χ1n) is 11.4. The zero-order chi connectivity index (χ0) is 24.5. The van der Waals surface area contributed by atoms with Gasteiger partial charge in [0, 0.05) is 23.3 Å². The molecule has 4 nitrogen and oxygen atoms in total. The van der Waals surface area contributed by atoms with Crippen molar-refractivity contribution >= 4 is 11.8 Å². The van der Waals surface area contributed by atoms with E-state index in [4.69, 9.17) is 9.72 Å². The molecule has 8 heteroatoms. The molecule has 1 unspecified atom stereocenters. The highest BCUT2D eigenvalue weighted by molar-refractivity contribution is 7.98. The Bertz CT molecular complexity index is 1370. The minimum Gasteiger partial charge on any atom is -0.494 e. The van der Waals surface area contributed by atoms with Crippen molar-refractivity contribution in [3.8, 4) is 11.4 Å². The Balaban J connectivity index is 1.65. The van der Waals surface area contributed by atoms with Crippen LogP contribution in [-0.4, -0.2) is 21.6 Å².